The topological polar surface area (TPSA) is 40.5 Å². The zero-order valence-corrected chi connectivity index (χ0v) is 11.8. The van der Waals surface area contributed by atoms with Gasteiger partial charge in [-0.15, -0.1) is 0 Å². The second-order valence-corrected chi connectivity index (χ2v) is 5.62. The Hall–Kier alpha value is -1.35. The van der Waals surface area contributed by atoms with Gasteiger partial charge in [0.05, 0.1) is 5.92 Å². The minimum absolute atomic E-state index is 0.0549. The van der Waals surface area contributed by atoms with Gasteiger partial charge in [-0.2, -0.15) is 0 Å². The van der Waals surface area contributed by atoms with Gasteiger partial charge in [-0.25, -0.2) is 0 Å². The minimum atomic E-state index is -0.640. The normalized spacial score (nSPS) is 22.5. The maximum atomic E-state index is 11.5. The number of benzene rings is 1. The Morgan fingerprint density at radius 2 is 1.95 bits per heavy atom. The van der Waals surface area contributed by atoms with Crippen LogP contribution < -0.4 is 0 Å². The molecule has 0 aliphatic carbocycles. The lowest BCUT2D eigenvalue weighted by molar-refractivity contribution is -0.145. The number of carboxylic acids is 1. The van der Waals surface area contributed by atoms with Crippen molar-refractivity contribution in [3.8, 4) is 0 Å². The highest BCUT2D eigenvalue weighted by molar-refractivity contribution is 5.72. The number of rotatable bonds is 5. The highest BCUT2D eigenvalue weighted by Gasteiger charge is 2.47. The first kappa shape index (κ1) is 14.1. The number of aliphatic carboxylic acids is 1. The van der Waals surface area contributed by atoms with Crippen LogP contribution in [-0.4, -0.2) is 29.1 Å². The molecule has 0 radical (unpaired) electrons. The number of nitrogens with zero attached hydrogens (tertiary/aromatic N) is 1. The molecule has 1 aromatic rings. The van der Waals surface area contributed by atoms with E-state index in [1.54, 1.807) is 0 Å². The second-order valence-electron chi connectivity index (χ2n) is 5.62. The average Bonchev–Trinajstić information content (AvgIpc) is 2.79. The molecule has 3 nitrogen and oxygen atoms in total. The van der Waals surface area contributed by atoms with E-state index in [1.807, 2.05) is 18.2 Å². The van der Waals surface area contributed by atoms with E-state index >= 15 is 0 Å². The molecule has 104 valence electrons. The molecule has 3 heteroatoms. The predicted molar refractivity (Wildman–Crippen MR) is 75.9 cm³/mol. The lowest BCUT2D eigenvalue weighted by atomic mass is 9.74. The molecule has 19 heavy (non-hydrogen) atoms. The van der Waals surface area contributed by atoms with E-state index in [2.05, 4.69) is 30.9 Å². The third-order valence-corrected chi connectivity index (χ3v) is 4.67. The summed E-state index contributed by atoms with van der Waals surface area (Å²) in [5, 5.41) is 9.47. The van der Waals surface area contributed by atoms with Crippen molar-refractivity contribution in [2.24, 2.45) is 11.3 Å². The Morgan fingerprint density at radius 1 is 1.32 bits per heavy atom. The van der Waals surface area contributed by atoms with Crippen molar-refractivity contribution in [3.63, 3.8) is 0 Å². The number of likely N-dealkylation sites (tertiary alicyclic amines) is 1. The van der Waals surface area contributed by atoms with E-state index < -0.39 is 5.97 Å². The fourth-order valence-electron chi connectivity index (χ4n) is 3.34. The van der Waals surface area contributed by atoms with Crippen LogP contribution in [0.5, 0.6) is 0 Å². The maximum absolute atomic E-state index is 11.5. The Kier molecular flexibility index (Phi) is 4.25. The van der Waals surface area contributed by atoms with Crippen molar-refractivity contribution in [1.29, 1.82) is 0 Å². The van der Waals surface area contributed by atoms with Crippen LogP contribution in [0, 0.1) is 11.3 Å². The Bertz CT molecular complexity index is 426. The largest absolute Gasteiger partial charge is 0.481 e. The van der Waals surface area contributed by atoms with E-state index in [9.17, 15) is 9.90 Å². The number of carboxylic acid groups (broad SMARTS) is 1. The standard InChI is InChI=1S/C16H23NO2/c1-3-16(4-2)12-17(11-14(16)15(18)19)10-13-8-6-5-7-9-13/h5-9,14H,3-4,10-12H2,1-2H3,(H,18,19). The van der Waals surface area contributed by atoms with Gasteiger partial charge in [0.15, 0.2) is 0 Å². The van der Waals surface area contributed by atoms with Gasteiger partial charge in [0.1, 0.15) is 0 Å². The molecule has 1 saturated heterocycles. The lowest BCUT2D eigenvalue weighted by Gasteiger charge is -2.30. The molecule has 1 aliphatic rings. The molecular formula is C16H23NO2. The quantitative estimate of drug-likeness (QED) is 0.885. The molecule has 1 aromatic carbocycles. The maximum Gasteiger partial charge on any atom is 0.308 e. The summed E-state index contributed by atoms with van der Waals surface area (Å²) in [6.45, 7) is 6.65. The van der Waals surface area contributed by atoms with Crippen LogP contribution >= 0.6 is 0 Å². The molecule has 1 heterocycles. The van der Waals surface area contributed by atoms with Crippen molar-refractivity contribution in [2.45, 2.75) is 33.2 Å². The molecule has 0 amide bonds. The van der Waals surface area contributed by atoms with Crippen molar-refractivity contribution in [2.75, 3.05) is 13.1 Å². The second kappa shape index (κ2) is 5.74. The Balaban J connectivity index is 2.12. The van der Waals surface area contributed by atoms with E-state index in [0.29, 0.717) is 6.54 Å². The van der Waals surface area contributed by atoms with Crippen LogP contribution in [0.3, 0.4) is 0 Å². The Morgan fingerprint density at radius 3 is 2.42 bits per heavy atom. The molecule has 0 spiro atoms. The molecular weight excluding hydrogens is 238 g/mol. The molecule has 2 rings (SSSR count). The number of hydrogen-bond donors (Lipinski definition) is 1. The van der Waals surface area contributed by atoms with Crippen LogP contribution in [0.4, 0.5) is 0 Å². The summed E-state index contributed by atoms with van der Waals surface area (Å²) < 4.78 is 0. The summed E-state index contributed by atoms with van der Waals surface area (Å²) in [7, 11) is 0. The van der Waals surface area contributed by atoms with E-state index in [1.165, 1.54) is 5.56 Å². The van der Waals surface area contributed by atoms with Crippen molar-refractivity contribution < 1.29 is 9.90 Å². The van der Waals surface area contributed by atoms with Gasteiger partial charge < -0.3 is 5.11 Å². The van der Waals surface area contributed by atoms with Crippen LogP contribution in [0.1, 0.15) is 32.3 Å². The van der Waals surface area contributed by atoms with Gasteiger partial charge in [-0.3, -0.25) is 9.69 Å². The smallest absolute Gasteiger partial charge is 0.308 e. The van der Waals surface area contributed by atoms with Crippen molar-refractivity contribution in [1.82, 2.24) is 4.90 Å². The Labute approximate surface area is 115 Å². The van der Waals surface area contributed by atoms with Gasteiger partial charge >= 0.3 is 5.97 Å². The van der Waals surface area contributed by atoms with Crippen molar-refractivity contribution in [3.05, 3.63) is 35.9 Å². The summed E-state index contributed by atoms with van der Waals surface area (Å²) in [5.74, 6) is -0.870. The summed E-state index contributed by atoms with van der Waals surface area (Å²) in [5.41, 5.74) is 1.20. The molecule has 0 bridgehead atoms. The summed E-state index contributed by atoms with van der Waals surface area (Å²) in [4.78, 5) is 13.8. The zero-order chi connectivity index (χ0) is 13.9. The molecule has 1 N–H and O–H groups in total. The van der Waals surface area contributed by atoms with Gasteiger partial charge in [0, 0.05) is 19.6 Å². The number of hydrogen-bond acceptors (Lipinski definition) is 2. The summed E-state index contributed by atoms with van der Waals surface area (Å²) in [6, 6.07) is 10.3. The van der Waals surface area contributed by atoms with Gasteiger partial charge in [-0.1, -0.05) is 44.2 Å². The average molecular weight is 261 g/mol. The highest BCUT2D eigenvalue weighted by Crippen LogP contribution is 2.42. The monoisotopic (exact) mass is 261 g/mol. The summed E-state index contributed by atoms with van der Waals surface area (Å²) in [6.07, 6.45) is 1.87. The third kappa shape index (κ3) is 2.81. The SMILES string of the molecule is CCC1(CC)CN(Cc2ccccc2)CC1C(=O)O. The van der Waals surface area contributed by atoms with Gasteiger partial charge in [0.2, 0.25) is 0 Å². The predicted octanol–water partition coefficient (Wildman–Crippen LogP) is 3.01. The fraction of sp³-hybridized carbons (Fsp3) is 0.562. The fourth-order valence-corrected chi connectivity index (χ4v) is 3.34. The van der Waals surface area contributed by atoms with Gasteiger partial charge in [0.25, 0.3) is 0 Å². The van der Waals surface area contributed by atoms with E-state index in [-0.39, 0.29) is 11.3 Å². The summed E-state index contributed by atoms with van der Waals surface area (Å²) >= 11 is 0. The van der Waals surface area contributed by atoms with E-state index in [4.69, 9.17) is 0 Å². The van der Waals surface area contributed by atoms with Crippen molar-refractivity contribution >= 4 is 5.97 Å². The van der Waals surface area contributed by atoms with Crippen LogP contribution in [-0.2, 0) is 11.3 Å². The third-order valence-electron chi connectivity index (χ3n) is 4.67. The molecule has 1 aliphatic heterocycles. The van der Waals surface area contributed by atoms with Crippen LogP contribution in [0.2, 0.25) is 0 Å². The van der Waals surface area contributed by atoms with Gasteiger partial charge in [-0.05, 0) is 23.8 Å². The molecule has 1 fully saturated rings. The molecule has 1 unspecified atom stereocenters. The zero-order valence-electron chi connectivity index (χ0n) is 11.8. The molecule has 0 saturated carbocycles. The lowest BCUT2D eigenvalue weighted by Crippen LogP contribution is -2.33. The van der Waals surface area contributed by atoms with E-state index in [0.717, 1.165) is 25.9 Å². The van der Waals surface area contributed by atoms with Crippen LogP contribution in [0.15, 0.2) is 30.3 Å². The molecule has 0 aromatic heterocycles. The van der Waals surface area contributed by atoms with Crippen LogP contribution in [0.25, 0.3) is 0 Å². The minimum Gasteiger partial charge on any atom is -0.481 e. The highest BCUT2D eigenvalue weighted by atomic mass is 16.4. The first-order chi connectivity index (χ1) is 9.11. The first-order valence-corrected chi connectivity index (χ1v) is 7.10. The first-order valence-electron chi connectivity index (χ1n) is 7.10. The molecule has 1 atom stereocenters. The number of carbonyl (C=O) groups is 1.